The van der Waals surface area contributed by atoms with Gasteiger partial charge >= 0.3 is 0 Å². The van der Waals surface area contributed by atoms with Crippen LogP contribution in [0.3, 0.4) is 0 Å². The highest BCUT2D eigenvalue weighted by atomic mass is 127. The molecule has 2 N–H and O–H groups in total. The van der Waals surface area contributed by atoms with Gasteiger partial charge in [0.25, 0.3) is 0 Å². The molecule has 0 saturated heterocycles. The predicted octanol–water partition coefficient (Wildman–Crippen LogP) is 2.20. The van der Waals surface area contributed by atoms with Crippen LogP contribution in [0.15, 0.2) is 29.3 Å². The van der Waals surface area contributed by atoms with Gasteiger partial charge in [0, 0.05) is 26.7 Å². The summed E-state index contributed by atoms with van der Waals surface area (Å²) in [7, 11) is -1.18. The lowest BCUT2D eigenvalue weighted by Crippen LogP contribution is -2.39. The van der Waals surface area contributed by atoms with Crippen LogP contribution in [0.1, 0.15) is 31.9 Å². The molecule has 25 heavy (non-hydrogen) atoms. The number of rotatable bonds is 9. The average molecular weight is 482 g/mol. The van der Waals surface area contributed by atoms with Crippen LogP contribution in [0.4, 0.5) is 0 Å². The first kappa shape index (κ1) is 24.1. The van der Waals surface area contributed by atoms with Crippen LogP contribution in [0.5, 0.6) is 0 Å². The summed E-state index contributed by atoms with van der Waals surface area (Å²) < 4.78 is 25.3. The zero-order valence-corrected chi connectivity index (χ0v) is 18.7. The number of aryl methyl sites for hydroxylation is 1. The fourth-order valence-corrected chi connectivity index (χ4v) is 2.77. The van der Waals surface area contributed by atoms with E-state index in [0.29, 0.717) is 13.1 Å². The molecule has 0 fully saturated rings. The van der Waals surface area contributed by atoms with E-state index in [-0.39, 0.29) is 29.7 Å². The SMILES string of the molecule is CCNC(=NCCNS(=O)(=O)CC)N(C)Cc1ccc(CC)cc1.I. The first-order valence-corrected chi connectivity index (χ1v) is 10.1. The molecular weight excluding hydrogens is 451 g/mol. The number of halogens is 1. The van der Waals surface area contributed by atoms with Crippen molar-refractivity contribution in [1.29, 1.82) is 0 Å². The zero-order valence-electron chi connectivity index (χ0n) is 15.6. The molecule has 1 aromatic rings. The number of sulfonamides is 1. The maximum atomic E-state index is 11.4. The van der Waals surface area contributed by atoms with E-state index >= 15 is 0 Å². The Morgan fingerprint density at radius 3 is 2.24 bits per heavy atom. The molecule has 0 bridgehead atoms. The van der Waals surface area contributed by atoms with Crippen molar-refractivity contribution < 1.29 is 8.42 Å². The number of nitrogens with zero attached hydrogens (tertiary/aromatic N) is 2. The molecule has 0 radical (unpaired) electrons. The molecule has 0 saturated carbocycles. The molecular formula is C17H31IN4O2S. The van der Waals surface area contributed by atoms with Crippen molar-refractivity contribution in [2.45, 2.75) is 33.7 Å². The Labute approximate surface area is 169 Å². The highest BCUT2D eigenvalue weighted by molar-refractivity contribution is 14.0. The van der Waals surface area contributed by atoms with Gasteiger partial charge in [0.05, 0.1) is 12.3 Å². The molecule has 0 unspecified atom stereocenters. The quantitative estimate of drug-likeness (QED) is 0.245. The number of guanidine groups is 1. The first-order chi connectivity index (χ1) is 11.4. The van der Waals surface area contributed by atoms with E-state index in [1.165, 1.54) is 11.1 Å². The molecule has 1 rings (SSSR count). The van der Waals surface area contributed by atoms with E-state index in [1.54, 1.807) is 6.92 Å². The van der Waals surface area contributed by atoms with Gasteiger partial charge in [0.2, 0.25) is 10.0 Å². The Morgan fingerprint density at radius 2 is 1.72 bits per heavy atom. The Bertz CT molecular complexity index is 618. The third-order valence-corrected chi connectivity index (χ3v) is 5.03. The van der Waals surface area contributed by atoms with Gasteiger partial charge in [0.15, 0.2) is 5.96 Å². The van der Waals surface area contributed by atoms with Crippen LogP contribution in [0, 0.1) is 0 Å². The monoisotopic (exact) mass is 482 g/mol. The van der Waals surface area contributed by atoms with Gasteiger partial charge in [0.1, 0.15) is 0 Å². The second-order valence-corrected chi connectivity index (χ2v) is 7.66. The lowest BCUT2D eigenvalue weighted by atomic mass is 10.1. The van der Waals surface area contributed by atoms with Gasteiger partial charge in [-0.25, -0.2) is 13.1 Å². The van der Waals surface area contributed by atoms with Crippen LogP contribution in [0.25, 0.3) is 0 Å². The maximum Gasteiger partial charge on any atom is 0.211 e. The molecule has 6 nitrogen and oxygen atoms in total. The molecule has 0 aliphatic heterocycles. The summed E-state index contributed by atoms with van der Waals surface area (Å²) in [6.07, 6.45) is 1.04. The standard InChI is InChI=1S/C17H30N4O2S.HI/c1-5-15-8-10-16(11-9-15)14-21(4)17(18-6-2)19-12-13-20-24(22,23)7-3;/h8-11,20H,5-7,12-14H2,1-4H3,(H,18,19);1H. The van der Waals surface area contributed by atoms with Gasteiger partial charge in [-0.05, 0) is 31.4 Å². The summed E-state index contributed by atoms with van der Waals surface area (Å²) in [5.74, 6) is 0.859. The third kappa shape index (κ3) is 9.41. The molecule has 0 aliphatic rings. The first-order valence-electron chi connectivity index (χ1n) is 8.46. The molecule has 0 aliphatic carbocycles. The van der Waals surface area contributed by atoms with Gasteiger partial charge < -0.3 is 10.2 Å². The summed E-state index contributed by atoms with van der Waals surface area (Å²) in [6, 6.07) is 8.56. The summed E-state index contributed by atoms with van der Waals surface area (Å²) in [5, 5.41) is 3.24. The molecule has 0 spiro atoms. The van der Waals surface area contributed by atoms with E-state index in [2.05, 4.69) is 46.2 Å². The summed E-state index contributed by atoms with van der Waals surface area (Å²) >= 11 is 0. The Hall–Kier alpha value is -0.870. The molecule has 0 heterocycles. The molecule has 0 atom stereocenters. The van der Waals surface area contributed by atoms with Gasteiger partial charge in [-0.3, -0.25) is 4.99 Å². The van der Waals surface area contributed by atoms with Crippen LogP contribution >= 0.6 is 24.0 Å². The van der Waals surface area contributed by atoms with Crippen molar-refractivity contribution in [1.82, 2.24) is 14.9 Å². The van der Waals surface area contributed by atoms with Crippen LogP contribution in [-0.2, 0) is 23.0 Å². The fraction of sp³-hybridized carbons (Fsp3) is 0.588. The van der Waals surface area contributed by atoms with E-state index in [9.17, 15) is 8.42 Å². The van der Waals surface area contributed by atoms with E-state index < -0.39 is 10.0 Å². The average Bonchev–Trinajstić information content (AvgIpc) is 2.58. The van der Waals surface area contributed by atoms with Gasteiger partial charge in [-0.1, -0.05) is 31.2 Å². The lowest BCUT2D eigenvalue weighted by Gasteiger charge is -2.22. The number of benzene rings is 1. The van der Waals surface area contributed by atoms with Crippen LogP contribution in [-0.4, -0.2) is 51.7 Å². The predicted molar refractivity (Wildman–Crippen MR) is 116 cm³/mol. The van der Waals surface area contributed by atoms with Gasteiger partial charge in [-0.2, -0.15) is 0 Å². The second-order valence-electron chi connectivity index (χ2n) is 5.56. The summed E-state index contributed by atoms with van der Waals surface area (Å²) in [6.45, 7) is 8.00. The lowest BCUT2D eigenvalue weighted by molar-refractivity contribution is 0.477. The maximum absolute atomic E-state index is 11.4. The Morgan fingerprint density at radius 1 is 1.12 bits per heavy atom. The Kier molecular flexibility index (Phi) is 12.0. The minimum Gasteiger partial charge on any atom is -0.357 e. The van der Waals surface area contributed by atoms with E-state index in [0.717, 1.165) is 25.5 Å². The second kappa shape index (κ2) is 12.5. The van der Waals surface area contributed by atoms with Gasteiger partial charge in [-0.15, -0.1) is 24.0 Å². The normalized spacial score (nSPS) is 11.8. The van der Waals surface area contributed by atoms with Crippen molar-refractivity contribution in [2.24, 2.45) is 4.99 Å². The summed E-state index contributed by atoms with van der Waals surface area (Å²) in [4.78, 5) is 6.53. The largest absolute Gasteiger partial charge is 0.357 e. The van der Waals surface area contributed by atoms with Crippen molar-refractivity contribution in [3.8, 4) is 0 Å². The Balaban J connectivity index is 0.00000576. The van der Waals surface area contributed by atoms with E-state index in [1.807, 2.05) is 18.9 Å². The highest BCUT2D eigenvalue weighted by Crippen LogP contribution is 2.07. The molecule has 144 valence electrons. The van der Waals surface area contributed by atoms with Crippen LogP contribution < -0.4 is 10.0 Å². The van der Waals surface area contributed by atoms with Crippen LogP contribution in [0.2, 0.25) is 0 Å². The number of hydrogen-bond acceptors (Lipinski definition) is 3. The topological polar surface area (TPSA) is 73.8 Å². The molecule has 0 amide bonds. The third-order valence-electron chi connectivity index (χ3n) is 3.62. The smallest absolute Gasteiger partial charge is 0.211 e. The number of hydrogen-bond donors (Lipinski definition) is 2. The minimum atomic E-state index is -3.16. The zero-order chi connectivity index (χ0) is 18.0. The van der Waals surface area contributed by atoms with E-state index in [4.69, 9.17) is 0 Å². The number of nitrogens with one attached hydrogen (secondary N) is 2. The van der Waals surface area contributed by atoms with Crippen molar-refractivity contribution in [2.75, 3.05) is 32.4 Å². The minimum absolute atomic E-state index is 0. The number of aliphatic imine (C=N–C) groups is 1. The van der Waals surface area contributed by atoms with Crippen molar-refractivity contribution in [3.05, 3.63) is 35.4 Å². The molecule has 0 aromatic heterocycles. The fourth-order valence-electron chi connectivity index (χ4n) is 2.16. The van der Waals surface area contributed by atoms with Crippen molar-refractivity contribution in [3.63, 3.8) is 0 Å². The van der Waals surface area contributed by atoms with Crippen molar-refractivity contribution >= 4 is 40.0 Å². The summed E-state index contributed by atoms with van der Waals surface area (Å²) in [5.41, 5.74) is 2.54. The molecule has 1 aromatic carbocycles. The highest BCUT2D eigenvalue weighted by Gasteiger charge is 2.08. The molecule has 8 heteroatoms.